The Labute approximate surface area is 136 Å². The van der Waals surface area contributed by atoms with Crippen molar-refractivity contribution in [3.05, 3.63) is 69.2 Å². The molecule has 1 atom stereocenters. The van der Waals surface area contributed by atoms with Gasteiger partial charge < -0.3 is 5.32 Å². The number of hydrogen-bond donors (Lipinski definition) is 1. The zero-order chi connectivity index (χ0) is 14.8. The SMILES string of the molecule is CNC(c1ccc(C2CCC2)cc1)c1ccc(Cl)cc1Cl. The van der Waals surface area contributed by atoms with E-state index < -0.39 is 0 Å². The number of rotatable bonds is 4. The van der Waals surface area contributed by atoms with Crippen LogP contribution >= 0.6 is 23.2 Å². The van der Waals surface area contributed by atoms with Crippen LogP contribution in [0, 0.1) is 0 Å². The van der Waals surface area contributed by atoms with Crippen LogP contribution in [0.2, 0.25) is 10.0 Å². The first kappa shape index (κ1) is 14.9. The van der Waals surface area contributed by atoms with Gasteiger partial charge in [0.25, 0.3) is 0 Å². The van der Waals surface area contributed by atoms with Gasteiger partial charge in [0.2, 0.25) is 0 Å². The van der Waals surface area contributed by atoms with E-state index in [9.17, 15) is 0 Å². The Balaban J connectivity index is 1.88. The van der Waals surface area contributed by atoms with Crippen LogP contribution < -0.4 is 5.32 Å². The molecule has 1 aliphatic carbocycles. The fourth-order valence-corrected chi connectivity index (χ4v) is 3.46. The van der Waals surface area contributed by atoms with E-state index in [-0.39, 0.29) is 6.04 Å². The molecule has 0 radical (unpaired) electrons. The molecule has 0 amide bonds. The Morgan fingerprint density at radius 3 is 2.29 bits per heavy atom. The fourth-order valence-electron chi connectivity index (χ4n) is 2.94. The average molecular weight is 320 g/mol. The lowest BCUT2D eigenvalue weighted by Crippen LogP contribution is -2.18. The van der Waals surface area contributed by atoms with Crippen LogP contribution in [0.4, 0.5) is 0 Å². The molecule has 0 spiro atoms. The molecule has 1 unspecified atom stereocenters. The lowest BCUT2D eigenvalue weighted by atomic mass is 9.79. The summed E-state index contributed by atoms with van der Waals surface area (Å²) in [6, 6.07) is 14.7. The summed E-state index contributed by atoms with van der Waals surface area (Å²) in [5, 5.41) is 4.71. The van der Waals surface area contributed by atoms with Gasteiger partial charge in [0.15, 0.2) is 0 Å². The minimum atomic E-state index is 0.0882. The van der Waals surface area contributed by atoms with Crippen molar-refractivity contribution in [1.29, 1.82) is 0 Å². The van der Waals surface area contributed by atoms with Gasteiger partial charge in [-0.05, 0) is 54.6 Å². The summed E-state index contributed by atoms with van der Waals surface area (Å²) >= 11 is 12.3. The highest BCUT2D eigenvalue weighted by atomic mass is 35.5. The molecule has 110 valence electrons. The van der Waals surface area contributed by atoms with Gasteiger partial charge in [-0.25, -0.2) is 0 Å². The zero-order valence-corrected chi connectivity index (χ0v) is 13.6. The zero-order valence-electron chi connectivity index (χ0n) is 12.1. The van der Waals surface area contributed by atoms with E-state index in [1.165, 1.54) is 30.4 Å². The van der Waals surface area contributed by atoms with Crippen LogP contribution in [0.5, 0.6) is 0 Å². The van der Waals surface area contributed by atoms with Crippen molar-refractivity contribution in [2.45, 2.75) is 31.2 Å². The maximum Gasteiger partial charge on any atom is 0.0589 e. The van der Waals surface area contributed by atoms with Gasteiger partial charge in [-0.3, -0.25) is 0 Å². The third-order valence-corrected chi connectivity index (χ3v) is 4.97. The molecule has 1 fully saturated rings. The monoisotopic (exact) mass is 319 g/mol. The molecule has 1 N–H and O–H groups in total. The second-order valence-corrected chi connectivity index (χ2v) is 6.53. The Morgan fingerprint density at radius 1 is 1.05 bits per heavy atom. The fraction of sp³-hybridized carbons (Fsp3) is 0.333. The van der Waals surface area contributed by atoms with E-state index in [2.05, 4.69) is 29.6 Å². The van der Waals surface area contributed by atoms with Gasteiger partial charge in [0.1, 0.15) is 0 Å². The molecule has 0 saturated heterocycles. The average Bonchev–Trinajstić information content (AvgIpc) is 2.42. The summed E-state index contributed by atoms with van der Waals surface area (Å²) in [6.45, 7) is 0. The smallest absolute Gasteiger partial charge is 0.0589 e. The number of nitrogens with one attached hydrogen (secondary N) is 1. The summed E-state index contributed by atoms with van der Waals surface area (Å²) < 4.78 is 0. The molecule has 0 aliphatic heterocycles. The quantitative estimate of drug-likeness (QED) is 0.776. The van der Waals surface area contributed by atoms with Gasteiger partial charge in [-0.2, -0.15) is 0 Å². The first-order valence-corrected chi connectivity index (χ1v) is 8.16. The van der Waals surface area contributed by atoms with E-state index in [4.69, 9.17) is 23.2 Å². The molecule has 1 saturated carbocycles. The van der Waals surface area contributed by atoms with E-state index in [0.29, 0.717) is 10.0 Å². The summed E-state index contributed by atoms with van der Waals surface area (Å²) in [7, 11) is 1.95. The maximum absolute atomic E-state index is 6.34. The standard InChI is InChI=1S/C18H19Cl2N/c1-21-18(16-10-9-15(19)11-17(16)20)14-7-5-13(6-8-14)12-3-2-4-12/h5-12,18,21H,2-4H2,1H3. The Bertz CT molecular complexity index is 618. The predicted molar refractivity (Wildman–Crippen MR) is 90.4 cm³/mol. The molecule has 2 aromatic rings. The van der Waals surface area contributed by atoms with Crippen molar-refractivity contribution in [2.24, 2.45) is 0 Å². The molecule has 3 heteroatoms. The third kappa shape index (κ3) is 3.11. The highest BCUT2D eigenvalue weighted by Crippen LogP contribution is 2.37. The summed E-state index contributed by atoms with van der Waals surface area (Å²) in [5.74, 6) is 0.770. The number of halogens is 2. The van der Waals surface area contributed by atoms with Crippen molar-refractivity contribution >= 4 is 23.2 Å². The lowest BCUT2D eigenvalue weighted by molar-refractivity contribution is 0.419. The highest BCUT2D eigenvalue weighted by molar-refractivity contribution is 6.35. The topological polar surface area (TPSA) is 12.0 Å². The van der Waals surface area contributed by atoms with Gasteiger partial charge >= 0.3 is 0 Å². The van der Waals surface area contributed by atoms with Gasteiger partial charge in [-0.15, -0.1) is 0 Å². The molecular weight excluding hydrogens is 301 g/mol. The minimum absolute atomic E-state index is 0.0882. The van der Waals surface area contributed by atoms with E-state index in [1.807, 2.05) is 19.2 Å². The van der Waals surface area contributed by atoms with E-state index in [0.717, 1.165) is 11.5 Å². The van der Waals surface area contributed by atoms with Crippen LogP contribution in [-0.2, 0) is 0 Å². The maximum atomic E-state index is 6.34. The second kappa shape index (κ2) is 6.39. The van der Waals surface area contributed by atoms with Crippen molar-refractivity contribution < 1.29 is 0 Å². The van der Waals surface area contributed by atoms with Crippen LogP contribution in [0.25, 0.3) is 0 Å². The lowest BCUT2D eigenvalue weighted by Gasteiger charge is -2.26. The normalized spacial score (nSPS) is 16.5. The minimum Gasteiger partial charge on any atom is -0.309 e. The van der Waals surface area contributed by atoms with Gasteiger partial charge in [-0.1, -0.05) is 60.0 Å². The number of benzene rings is 2. The summed E-state index contributed by atoms with van der Waals surface area (Å²) in [6.07, 6.45) is 4.03. The largest absolute Gasteiger partial charge is 0.309 e. The van der Waals surface area contributed by atoms with Crippen LogP contribution in [0.3, 0.4) is 0 Å². The third-order valence-electron chi connectivity index (χ3n) is 4.41. The predicted octanol–water partition coefficient (Wildman–Crippen LogP) is 5.57. The molecular formula is C18H19Cl2N. The van der Waals surface area contributed by atoms with Crippen LogP contribution in [-0.4, -0.2) is 7.05 Å². The molecule has 0 bridgehead atoms. The van der Waals surface area contributed by atoms with E-state index in [1.54, 1.807) is 6.07 Å². The Morgan fingerprint density at radius 2 is 1.76 bits per heavy atom. The molecule has 1 aliphatic rings. The highest BCUT2D eigenvalue weighted by Gasteiger charge is 2.20. The van der Waals surface area contributed by atoms with Gasteiger partial charge in [0.05, 0.1) is 6.04 Å². The van der Waals surface area contributed by atoms with Crippen molar-refractivity contribution in [3.8, 4) is 0 Å². The van der Waals surface area contributed by atoms with Crippen molar-refractivity contribution in [1.82, 2.24) is 5.32 Å². The second-order valence-electron chi connectivity index (χ2n) is 5.68. The molecule has 3 rings (SSSR count). The van der Waals surface area contributed by atoms with Crippen LogP contribution in [0.15, 0.2) is 42.5 Å². The summed E-state index contributed by atoms with van der Waals surface area (Å²) in [4.78, 5) is 0. The molecule has 0 heterocycles. The molecule has 0 aromatic heterocycles. The number of hydrogen-bond acceptors (Lipinski definition) is 1. The Hall–Kier alpha value is -1.02. The first-order chi connectivity index (χ1) is 10.2. The molecule has 21 heavy (non-hydrogen) atoms. The first-order valence-electron chi connectivity index (χ1n) is 7.41. The molecule has 1 nitrogen and oxygen atoms in total. The van der Waals surface area contributed by atoms with Crippen LogP contribution in [0.1, 0.15) is 47.9 Å². The molecule has 2 aromatic carbocycles. The van der Waals surface area contributed by atoms with Crippen molar-refractivity contribution in [2.75, 3.05) is 7.05 Å². The van der Waals surface area contributed by atoms with E-state index >= 15 is 0 Å². The van der Waals surface area contributed by atoms with Gasteiger partial charge in [0, 0.05) is 10.0 Å². The summed E-state index contributed by atoms with van der Waals surface area (Å²) in [5.41, 5.74) is 3.74. The van der Waals surface area contributed by atoms with Crippen molar-refractivity contribution in [3.63, 3.8) is 0 Å². The Kier molecular flexibility index (Phi) is 4.54.